The molecule has 0 unspecified atom stereocenters. The predicted molar refractivity (Wildman–Crippen MR) is 70.6 cm³/mol. The number of aromatic nitrogens is 2. The first-order valence-corrected chi connectivity index (χ1v) is 6.27. The van der Waals surface area contributed by atoms with E-state index in [1.165, 1.54) is 0 Å². The van der Waals surface area contributed by atoms with Gasteiger partial charge in [0.15, 0.2) is 0 Å². The summed E-state index contributed by atoms with van der Waals surface area (Å²) in [6.07, 6.45) is 4.44. The fourth-order valence-electron chi connectivity index (χ4n) is 2.09. The van der Waals surface area contributed by atoms with Crippen LogP contribution in [-0.2, 0) is 0 Å². The quantitative estimate of drug-likeness (QED) is 0.841. The third kappa shape index (κ3) is 2.07. The van der Waals surface area contributed by atoms with E-state index >= 15 is 0 Å². The average molecular weight is 257 g/mol. The molecule has 5 heteroatoms. The van der Waals surface area contributed by atoms with Crippen LogP contribution in [0.15, 0.2) is 36.7 Å². The number of ether oxygens (including phenoxy) is 1. The Bertz CT molecular complexity index is 602. The van der Waals surface area contributed by atoms with Gasteiger partial charge in [-0.25, -0.2) is 4.68 Å². The van der Waals surface area contributed by atoms with Crippen molar-refractivity contribution in [3.8, 4) is 11.4 Å². The predicted octanol–water partition coefficient (Wildman–Crippen LogP) is 1.73. The molecule has 0 saturated carbocycles. The Labute approximate surface area is 111 Å². The number of hydrogen-bond acceptors (Lipinski definition) is 3. The maximum atomic E-state index is 12.1. The molecule has 0 atom stereocenters. The van der Waals surface area contributed by atoms with Gasteiger partial charge in [0, 0.05) is 19.3 Å². The summed E-state index contributed by atoms with van der Waals surface area (Å²) < 4.78 is 6.97. The Morgan fingerprint density at radius 1 is 1.32 bits per heavy atom. The monoisotopic (exact) mass is 257 g/mol. The Morgan fingerprint density at radius 3 is 2.79 bits per heavy atom. The highest BCUT2D eigenvalue weighted by molar-refractivity contribution is 5.94. The van der Waals surface area contributed by atoms with E-state index in [1.807, 2.05) is 29.2 Å². The lowest BCUT2D eigenvalue weighted by molar-refractivity contribution is 0.0652. The first kappa shape index (κ1) is 11.8. The zero-order valence-electron chi connectivity index (χ0n) is 10.7. The minimum Gasteiger partial charge on any atom is -0.494 e. The molecule has 1 aliphatic heterocycles. The van der Waals surface area contributed by atoms with Crippen molar-refractivity contribution in [2.24, 2.45) is 0 Å². The number of amides is 1. The zero-order chi connectivity index (χ0) is 13.2. The second kappa shape index (κ2) is 4.76. The summed E-state index contributed by atoms with van der Waals surface area (Å²) in [5.41, 5.74) is 1.44. The van der Waals surface area contributed by atoms with Gasteiger partial charge >= 0.3 is 0 Å². The van der Waals surface area contributed by atoms with Gasteiger partial charge < -0.3 is 9.64 Å². The summed E-state index contributed by atoms with van der Waals surface area (Å²) in [6.45, 7) is 1.69. The minimum absolute atomic E-state index is 0.0485. The molecule has 2 heterocycles. The van der Waals surface area contributed by atoms with Crippen LogP contribution in [0.1, 0.15) is 16.8 Å². The number of benzene rings is 1. The van der Waals surface area contributed by atoms with Gasteiger partial charge in [0.25, 0.3) is 5.91 Å². The number of nitrogens with zero attached hydrogens (tertiary/aromatic N) is 3. The maximum absolute atomic E-state index is 12.1. The van der Waals surface area contributed by atoms with Crippen LogP contribution in [0.25, 0.3) is 5.69 Å². The molecule has 0 spiro atoms. The Kier molecular flexibility index (Phi) is 2.95. The number of para-hydroxylation sites is 2. The Morgan fingerprint density at radius 2 is 2.11 bits per heavy atom. The van der Waals surface area contributed by atoms with Crippen LogP contribution in [0.2, 0.25) is 0 Å². The van der Waals surface area contributed by atoms with E-state index in [1.54, 1.807) is 24.2 Å². The van der Waals surface area contributed by atoms with Crippen LogP contribution in [0.5, 0.6) is 5.75 Å². The standard InChI is InChI=1S/C14H15N3O2/c1-19-13-6-3-2-5-12(13)17-10-11(9-15-17)14(18)16-7-4-8-16/h2-3,5-6,9-10H,4,7-8H2,1H3. The SMILES string of the molecule is COc1ccccc1-n1cc(C(=O)N2CCC2)cn1. The highest BCUT2D eigenvalue weighted by Crippen LogP contribution is 2.22. The summed E-state index contributed by atoms with van der Waals surface area (Å²) in [7, 11) is 1.62. The molecule has 19 heavy (non-hydrogen) atoms. The van der Waals surface area contributed by atoms with Gasteiger partial charge in [0.05, 0.1) is 18.9 Å². The van der Waals surface area contributed by atoms with Gasteiger partial charge in [-0.15, -0.1) is 0 Å². The number of likely N-dealkylation sites (tertiary alicyclic amines) is 1. The van der Waals surface area contributed by atoms with Crippen LogP contribution >= 0.6 is 0 Å². The number of methoxy groups -OCH3 is 1. The largest absolute Gasteiger partial charge is 0.494 e. The molecule has 1 aliphatic rings. The normalized spacial score (nSPS) is 14.1. The first-order valence-electron chi connectivity index (χ1n) is 6.27. The van der Waals surface area contributed by atoms with Gasteiger partial charge in [0.1, 0.15) is 11.4 Å². The lowest BCUT2D eigenvalue weighted by Gasteiger charge is -2.30. The van der Waals surface area contributed by atoms with Crippen LogP contribution in [0, 0.1) is 0 Å². The molecule has 1 aromatic heterocycles. The smallest absolute Gasteiger partial charge is 0.257 e. The van der Waals surface area contributed by atoms with Crippen molar-refractivity contribution in [1.82, 2.24) is 14.7 Å². The molecular formula is C14H15N3O2. The number of carbonyl (C=O) groups is 1. The fourth-order valence-corrected chi connectivity index (χ4v) is 2.09. The third-order valence-electron chi connectivity index (χ3n) is 3.30. The van der Waals surface area contributed by atoms with Gasteiger partial charge in [-0.05, 0) is 18.6 Å². The van der Waals surface area contributed by atoms with Crippen molar-refractivity contribution >= 4 is 5.91 Å². The van der Waals surface area contributed by atoms with E-state index in [0.717, 1.165) is 30.9 Å². The maximum Gasteiger partial charge on any atom is 0.257 e. The highest BCUT2D eigenvalue weighted by atomic mass is 16.5. The second-order valence-corrected chi connectivity index (χ2v) is 4.49. The zero-order valence-corrected chi connectivity index (χ0v) is 10.7. The van der Waals surface area contributed by atoms with Crippen molar-refractivity contribution < 1.29 is 9.53 Å². The van der Waals surface area contributed by atoms with Crippen molar-refractivity contribution in [3.63, 3.8) is 0 Å². The first-order chi connectivity index (χ1) is 9.29. The van der Waals surface area contributed by atoms with Crippen LogP contribution < -0.4 is 4.74 Å². The molecule has 0 bridgehead atoms. The van der Waals surface area contributed by atoms with Crippen LogP contribution in [0.3, 0.4) is 0 Å². The summed E-state index contributed by atoms with van der Waals surface area (Å²) in [5.74, 6) is 0.779. The average Bonchev–Trinajstić information content (AvgIpc) is 2.86. The minimum atomic E-state index is 0.0485. The van der Waals surface area contributed by atoms with E-state index in [2.05, 4.69) is 5.10 Å². The van der Waals surface area contributed by atoms with E-state index < -0.39 is 0 Å². The third-order valence-corrected chi connectivity index (χ3v) is 3.30. The van der Waals surface area contributed by atoms with E-state index in [9.17, 15) is 4.79 Å². The van der Waals surface area contributed by atoms with E-state index in [0.29, 0.717) is 5.56 Å². The molecule has 2 aromatic rings. The lowest BCUT2D eigenvalue weighted by atomic mass is 10.2. The molecule has 5 nitrogen and oxygen atoms in total. The summed E-state index contributed by atoms with van der Waals surface area (Å²) in [5, 5.41) is 4.25. The molecule has 1 aromatic carbocycles. The van der Waals surface area contributed by atoms with Gasteiger partial charge in [-0.1, -0.05) is 12.1 Å². The molecule has 98 valence electrons. The lowest BCUT2D eigenvalue weighted by Crippen LogP contribution is -2.41. The topological polar surface area (TPSA) is 47.4 Å². The Hall–Kier alpha value is -2.30. The molecule has 0 aliphatic carbocycles. The van der Waals surface area contributed by atoms with Crippen molar-refractivity contribution in [3.05, 3.63) is 42.2 Å². The highest BCUT2D eigenvalue weighted by Gasteiger charge is 2.22. The van der Waals surface area contributed by atoms with E-state index in [-0.39, 0.29) is 5.91 Å². The molecule has 1 amide bonds. The van der Waals surface area contributed by atoms with Gasteiger partial charge in [0.2, 0.25) is 0 Å². The Balaban J connectivity index is 1.90. The van der Waals surface area contributed by atoms with Crippen molar-refractivity contribution in [2.45, 2.75) is 6.42 Å². The molecular weight excluding hydrogens is 242 g/mol. The second-order valence-electron chi connectivity index (χ2n) is 4.49. The fraction of sp³-hybridized carbons (Fsp3) is 0.286. The molecule has 0 N–H and O–H groups in total. The molecule has 3 rings (SSSR count). The van der Waals surface area contributed by atoms with Crippen molar-refractivity contribution in [1.29, 1.82) is 0 Å². The number of hydrogen-bond donors (Lipinski definition) is 0. The number of rotatable bonds is 3. The summed E-state index contributed by atoms with van der Waals surface area (Å²) >= 11 is 0. The summed E-state index contributed by atoms with van der Waals surface area (Å²) in [4.78, 5) is 13.9. The van der Waals surface area contributed by atoms with E-state index in [4.69, 9.17) is 4.74 Å². The van der Waals surface area contributed by atoms with Crippen molar-refractivity contribution in [2.75, 3.05) is 20.2 Å². The summed E-state index contributed by atoms with van der Waals surface area (Å²) in [6, 6.07) is 7.59. The molecule has 1 fully saturated rings. The molecule has 1 saturated heterocycles. The molecule has 0 radical (unpaired) electrons. The van der Waals surface area contributed by atoms with Gasteiger partial charge in [-0.2, -0.15) is 5.10 Å². The van der Waals surface area contributed by atoms with Crippen LogP contribution in [0.4, 0.5) is 0 Å². The number of carbonyl (C=O) groups excluding carboxylic acids is 1. The van der Waals surface area contributed by atoms with Gasteiger partial charge in [-0.3, -0.25) is 4.79 Å². The van der Waals surface area contributed by atoms with Crippen LogP contribution in [-0.4, -0.2) is 40.8 Å².